The molecule has 0 aliphatic carbocycles. The first-order valence-corrected chi connectivity index (χ1v) is 11.5. The molecule has 2 amide bonds. The molecule has 1 heterocycles. The summed E-state index contributed by atoms with van der Waals surface area (Å²) in [6, 6.07) is 17.6. The van der Waals surface area contributed by atoms with E-state index in [0.717, 1.165) is 29.7 Å². The van der Waals surface area contributed by atoms with Crippen LogP contribution in [0.3, 0.4) is 0 Å². The fourth-order valence-corrected chi connectivity index (χ4v) is 4.18. The zero-order valence-corrected chi connectivity index (χ0v) is 19.4. The summed E-state index contributed by atoms with van der Waals surface area (Å²) >= 11 is 0. The number of carbonyl (C=O) groups excluding carboxylic acids is 2. The Morgan fingerprint density at radius 2 is 1.75 bits per heavy atom. The van der Waals surface area contributed by atoms with Gasteiger partial charge in [0, 0.05) is 26.2 Å². The fraction of sp³-hybridized carbons (Fsp3) is 0.462. The summed E-state index contributed by atoms with van der Waals surface area (Å²) in [5.74, 6) is 0.919. The van der Waals surface area contributed by atoms with Crippen LogP contribution < -0.4 is 10.1 Å². The number of carbonyl (C=O) groups is 2. The molecule has 2 atom stereocenters. The number of hydrogen-bond acceptors (Lipinski definition) is 4. The molecule has 2 aromatic carbocycles. The standard InChI is InChI=1S/C26H35N3O3/c1-4-9-24(22-11-6-5-7-12-22)27-26(31)20(2)28-14-16-29(17-15-28)25(30)19-21-10-8-13-23(18-21)32-3/h5-8,10-13,18,20,24H,4,9,14-17,19H2,1-3H3,(H,27,31). The lowest BCUT2D eigenvalue weighted by Gasteiger charge is -2.38. The van der Waals surface area contributed by atoms with Gasteiger partial charge < -0.3 is 15.0 Å². The number of piperazine rings is 1. The molecule has 1 N–H and O–H groups in total. The van der Waals surface area contributed by atoms with Crippen LogP contribution in [0, 0.1) is 0 Å². The van der Waals surface area contributed by atoms with E-state index >= 15 is 0 Å². The van der Waals surface area contributed by atoms with Gasteiger partial charge in [0.25, 0.3) is 0 Å². The monoisotopic (exact) mass is 437 g/mol. The number of rotatable bonds is 9. The van der Waals surface area contributed by atoms with E-state index in [1.165, 1.54) is 0 Å². The van der Waals surface area contributed by atoms with Crippen LogP contribution in [-0.2, 0) is 16.0 Å². The molecular formula is C26H35N3O3. The lowest BCUT2D eigenvalue weighted by molar-refractivity contribution is -0.133. The van der Waals surface area contributed by atoms with Gasteiger partial charge in [-0.25, -0.2) is 0 Å². The second-order valence-corrected chi connectivity index (χ2v) is 8.38. The Balaban J connectivity index is 1.51. The van der Waals surface area contributed by atoms with Crippen LogP contribution in [0.15, 0.2) is 54.6 Å². The molecular weight excluding hydrogens is 402 g/mol. The van der Waals surface area contributed by atoms with E-state index in [0.29, 0.717) is 32.6 Å². The number of methoxy groups -OCH3 is 1. The van der Waals surface area contributed by atoms with Crippen LogP contribution >= 0.6 is 0 Å². The van der Waals surface area contributed by atoms with Gasteiger partial charge in [0.05, 0.1) is 25.6 Å². The topological polar surface area (TPSA) is 61.9 Å². The maximum Gasteiger partial charge on any atom is 0.237 e. The van der Waals surface area contributed by atoms with Gasteiger partial charge in [-0.2, -0.15) is 0 Å². The lowest BCUT2D eigenvalue weighted by Crippen LogP contribution is -2.55. The minimum absolute atomic E-state index is 0.0295. The van der Waals surface area contributed by atoms with E-state index in [2.05, 4.69) is 29.3 Å². The molecule has 1 fully saturated rings. The molecule has 1 saturated heterocycles. The molecule has 0 spiro atoms. The second-order valence-electron chi connectivity index (χ2n) is 8.38. The molecule has 6 heteroatoms. The van der Waals surface area contributed by atoms with Gasteiger partial charge in [0.1, 0.15) is 5.75 Å². The maximum absolute atomic E-state index is 13.0. The highest BCUT2D eigenvalue weighted by Gasteiger charge is 2.28. The summed E-state index contributed by atoms with van der Waals surface area (Å²) in [5, 5.41) is 3.24. The average Bonchev–Trinajstić information content (AvgIpc) is 2.84. The number of nitrogens with one attached hydrogen (secondary N) is 1. The molecule has 1 aliphatic heterocycles. The molecule has 3 rings (SSSR count). The Morgan fingerprint density at radius 3 is 2.41 bits per heavy atom. The molecule has 32 heavy (non-hydrogen) atoms. The quantitative estimate of drug-likeness (QED) is 0.653. The Labute approximate surface area is 191 Å². The molecule has 2 aromatic rings. The van der Waals surface area contributed by atoms with Crippen molar-refractivity contribution in [2.75, 3.05) is 33.3 Å². The van der Waals surface area contributed by atoms with Gasteiger partial charge in [-0.1, -0.05) is 55.8 Å². The molecule has 6 nitrogen and oxygen atoms in total. The SMILES string of the molecule is CCCC(NC(=O)C(C)N1CCN(C(=O)Cc2cccc(OC)c2)CC1)c1ccccc1. The highest BCUT2D eigenvalue weighted by Crippen LogP contribution is 2.19. The van der Waals surface area contributed by atoms with Crippen molar-refractivity contribution in [3.05, 3.63) is 65.7 Å². The smallest absolute Gasteiger partial charge is 0.237 e. The number of benzene rings is 2. The molecule has 1 aliphatic rings. The molecule has 0 aromatic heterocycles. The van der Waals surface area contributed by atoms with Crippen molar-refractivity contribution in [3.63, 3.8) is 0 Å². The first kappa shape index (κ1) is 23.8. The molecule has 172 valence electrons. The third-order valence-electron chi connectivity index (χ3n) is 6.18. The van der Waals surface area contributed by atoms with Gasteiger partial charge in [-0.3, -0.25) is 14.5 Å². The number of nitrogens with zero attached hydrogens (tertiary/aromatic N) is 2. The molecule has 2 unspecified atom stereocenters. The second kappa shape index (κ2) is 11.7. The van der Waals surface area contributed by atoms with Crippen molar-refractivity contribution in [3.8, 4) is 5.75 Å². The van der Waals surface area contributed by atoms with Crippen molar-refractivity contribution in [2.45, 2.75) is 45.2 Å². The van der Waals surface area contributed by atoms with E-state index < -0.39 is 0 Å². The summed E-state index contributed by atoms with van der Waals surface area (Å²) in [5.41, 5.74) is 2.09. The van der Waals surface area contributed by atoms with Gasteiger partial charge in [0.15, 0.2) is 0 Å². The van der Waals surface area contributed by atoms with Crippen LogP contribution in [0.5, 0.6) is 5.75 Å². The predicted octanol–water partition coefficient (Wildman–Crippen LogP) is 3.43. The third-order valence-corrected chi connectivity index (χ3v) is 6.18. The molecule has 0 radical (unpaired) electrons. The molecule has 0 saturated carbocycles. The number of ether oxygens (including phenoxy) is 1. The zero-order chi connectivity index (χ0) is 22.9. The Hall–Kier alpha value is -2.86. The summed E-state index contributed by atoms with van der Waals surface area (Å²) < 4.78 is 5.25. The van der Waals surface area contributed by atoms with Crippen LogP contribution in [-0.4, -0.2) is 60.9 Å². The van der Waals surface area contributed by atoms with Crippen molar-refractivity contribution in [1.82, 2.24) is 15.1 Å². The lowest BCUT2D eigenvalue weighted by atomic mass is 10.0. The third kappa shape index (κ3) is 6.33. The van der Waals surface area contributed by atoms with Gasteiger partial charge in [0.2, 0.25) is 11.8 Å². The van der Waals surface area contributed by atoms with E-state index in [4.69, 9.17) is 4.74 Å². The van der Waals surface area contributed by atoms with Crippen molar-refractivity contribution in [1.29, 1.82) is 0 Å². The Kier molecular flexibility index (Phi) is 8.68. The van der Waals surface area contributed by atoms with Crippen LogP contribution in [0.1, 0.15) is 43.9 Å². The largest absolute Gasteiger partial charge is 0.497 e. The number of amides is 2. The first-order valence-electron chi connectivity index (χ1n) is 11.5. The zero-order valence-electron chi connectivity index (χ0n) is 19.4. The Morgan fingerprint density at radius 1 is 1.03 bits per heavy atom. The average molecular weight is 438 g/mol. The van der Waals surface area contributed by atoms with Crippen molar-refractivity contribution >= 4 is 11.8 Å². The van der Waals surface area contributed by atoms with Crippen molar-refractivity contribution < 1.29 is 14.3 Å². The summed E-state index contributed by atoms with van der Waals surface area (Å²) in [6.45, 7) is 6.75. The highest BCUT2D eigenvalue weighted by molar-refractivity contribution is 5.82. The summed E-state index contributed by atoms with van der Waals surface area (Å²) in [4.78, 5) is 29.8. The van der Waals surface area contributed by atoms with Crippen molar-refractivity contribution in [2.24, 2.45) is 0 Å². The predicted molar refractivity (Wildman–Crippen MR) is 127 cm³/mol. The summed E-state index contributed by atoms with van der Waals surface area (Å²) in [6.07, 6.45) is 2.28. The maximum atomic E-state index is 13.0. The van der Waals surface area contributed by atoms with E-state index in [1.807, 2.05) is 54.3 Å². The number of hydrogen-bond donors (Lipinski definition) is 1. The van der Waals surface area contributed by atoms with Gasteiger partial charge >= 0.3 is 0 Å². The Bertz CT molecular complexity index is 879. The van der Waals surface area contributed by atoms with Gasteiger partial charge in [-0.15, -0.1) is 0 Å². The molecule has 0 bridgehead atoms. The van der Waals surface area contributed by atoms with Crippen LogP contribution in [0.4, 0.5) is 0 Å². The normalized spacial score (nSPS) is 16.3. The minimum atomic E-state index is -0.228. The first-order chi connectivity index (χ1) is 15.5. The fourth-order valence-electron chi connectivity index (χ4n) is 4.18. The van der Waals surface area contributed by atoms with Crippen LogP contribution in [0.2, 0.25) is 0 Å². The van der Waals surface area contributed by atoms with Crippen LogP contribution in [0.25, 0.3) is 0 Å². The van der Waals surface area contributed by atoms with Gasteiger partial charge in [-0.05, 0) is 36.6 Å². The van der Waals surface area contributed by atoms with E-state index in [-0.39, 0.29) is 23.9 Å². The van der Waals surface area contributed by atoms with E-state index in [9.17, 15) is 9.59 Å². The van der Waals surface area contributed by atoms with E-state index in [1.54, 1.807) is 7.11 Å². The summed E-state index contributed by atoms with van der Waals surface area (Å²) in [7, 11) is 1.63. The minimum Gasteiger partial charge on any atom is -0.497 e. The highest BCUT2D eigenvalue weighted by atomic mass is 16.5.